The van der Waals surface area contributed by atoms with Crippen molar-refractivity contribution in [3.8, 4) is 6.07 Å². The topological polar surface area (TPSA) is 98.3 Å². The zero-order valence-electron chi connectivity index (χ0n) is 14.5. The molecule has 0 aliphatic rings. The molecule has 3 N–H and O–H groups in total. The van der Waals surface area contributed by atoms with E-state index in [2.05, 4.69) is 32.0 Å². The SMILES string of the molecule is CN=C(NCCNc1ncccc1C#N)NC(C)c1ccc(C)o1.I. The Labute approximate surface area is 165 Å². The number of nitriles is 1. The zero-order valence-corrected chi connectivity index (χ0v) is 16.9. The van der Waals surface area contributed by atoms with Gasteiger partial charge >= 0.3 is 0 Å². The molecule has 0 fully saturated rings. The maximum absolute atomic E-state index is 9.03. The molecule has 0 spiro atoms. The predicted molar refractivity (Wildman–Crippen MR) is 109 cm³/mol. The Morgan fingerprint density at radius 2 is 2.16 bits per heavy atom. The molecular formula is C17H23IN6O. The van der Waals surface area contributed by atoms with E-state index in [1.54, 1.807) is 25.4 Å². The van der Waals surface area contributed by atoms with Gasteiger partial charge in [0.05, 0.1) is 11.6 Å². The maximum Gasteiger partial charge on any atom is 0.191 e. The zero-order chi connectivity index (χ0) is 17.4. The predicted octanol–water partition coefficient (Wildman–Crippen LogP) is 2.81. The van der Waals surface area contributed by atoms with Gasteiger partial charge in [0.2, 0.25) is 0 Å². The van der Waals surface area contributed by atoms with E-state index in [1.165, 1.54) is 0 Å². The number of halogens is 1. The summed E-state index contributed by atoms with van der Waals surface area (Å²) in [5, 5.41) is 18.6. The van der Waals surface area contributed by atoms with Gasteiger partial charge in [-0.2, -0.15) is 5.26 Å². The Bertz CT molecular complexity index is 737. The summed E-state index contributed by atoms with van der Waals surface area (Å²) in [6, 6.07) is 9.49. The molecule has 2 aromatic rings. The largest absolute Gasteiger partial charge is 0.464 e. The number of aliphatic imine (C=N–C) groups is 1. The molecule has 7 nitrogen and oxygen atoms in total. The minimum atomic E-state index is 0. The number of anilines is 1. The van der Waals surface area contributed by atoms with E-state index in [0.717, 1.165) is 11.5 Å². The van der Waals surface area contributed by atoms with E-state index in [-0.39, 0.29) is 30.0 Å². The van der Waals surface area contributed by atoms with Crippen LogP contribution in [0, 0.1) is 18.3 Å². The highest BCUT2D eigenvalue weighted by Crippen LogP contribution is 2.15. The van der Waals surface area contributed by atoms with Crippen LogP contribution in [0.1, 0.15) is 30.0 Å². The first-order valence-corrected chi connectivity index (χ1v) is 7.76. The number of guanidine groups is 1. The van der Waals surface area contributed by atoms with Gasteiger partial charge < -0.3 is 20.4 Å². The van der Waals surface area contributed by atoms with Crippen LogP contribution in [0.25, 0.3) is 0 Å². The second-order valence-corrected chi connectivity index (χ2v) is 5.25. The molecule has 25 heavy (non-hydrogen) atoms. The maximum atomic E-state index is 9.03. The van der Waals surface area contributed by atoms with Gasteiger partial charge in [0.25, 0.3) is 0 Å². The van der Waals surface area contributed by atoms with Crippen molar-refractivity contribution in [3.05, 3.63) is 47.5 Å². The Morgan fingerprint density at radius 1 is 1.36 bits per heavy atom. The minimum Gasteiger partial charge on any atom is -0.464 e. The lowest BCUT2D eigenvalue weighted by Crippen LogP contribution is -2.40. The van der Waals surface area contributed by atoms with Crippen molar-refractivity contribution < 1.29 is 4.42 Å². The van der Waals surface area contributed by atoms with Gasteiger partial charge in [0, 0.05) is 26.3 Å². The Hall–Kier alpha value is -2.28. The van der Waals surface area contributed by atoms with E-state index in [9.17, 15) is 0 Å². The summed E-state index contributed by atoms with van der Waals surface area (Å²) in [5.41, 5.74) is 0.529. The first-order valence-electron chi connectivity index (χ1n) is 7.76. The van der Waals surface area contributed by atoms with Crippen LogP contribution in [0.3, 0.4) is 0 Å². The fourth-order valence-electron chi connectivity index (χ4n) is 2.16. The fraction of sp³-hybridized carbons (Fsp3) is 0.353. The average molecular weight is 454 g/mol. The smallest absolute Gasteiger partial charge is 0.191 e. The van der Waals surface area contributed by atoms with Crippen molar-refractivity contribution in [2.75, 3.05) is 25.5 Å². The normalized spacial score (nSPS) is 11.8. The minimum absolute atomic E-state index is 0. The van der Waals surface area contributed by atoms with Crippen LogP contribution in [0.15, 0.2) is 39.9 Å². The summed E-state index contributed by atoms with van der Waals surface area (Å²) in [4.78, 5) is 8.35. The number of aromatic nitrogens is 1. The lowest BCUT2D eigenvalue weighted by atomic mass is 10.2. The molecular weight excluding hydrogens is 431 g/mol. The van der Waals surface area contributed by atoms with E-state index in [0.29, 0.717) is 30.4 Å². The van der Waals surface area contributed by atoms with Crippen LogP contribution in [0.2, 0.25) is 0 Å². The molecule has 8 heteroatoms. The van der Waals surface area contributed by atoms with Crippen molar-refractivity contribution in [3.63, 3.8) is 0 Å². The highest BCUT2D eigenvalue weighted by molar-refractivity contribution is 14.0. The van der Waals surface area contributed by atoms with E-state index in [1.807, 2.05) is 26.0 Å². The molecule has 0 amide bonds. The van der Waals surface area contributed by atoms with Crippen LogP contribution < -0.4 is 16.0 Å². The fourth-order valence-corrected chi connectivity index (χ4v) is 2.16. The quantitative estimate of drug-likeness (QED) is 0.269. The van der Waals surface area contributed by atoms with Crippen molar-refractivity contribution in [2.45, 2.75) is 19.9 Å². The van der Waals surface area contributed by atoms with Gasteiger partial charge in [-0.1, -0.05) is 0 Å². The van der Waals surface area contributed by atoms with Crippen molar-refractivity contribution >= 4 is 35.8 Å². The van der Waals surface area contributed by atoms with Crippen LogP contribution in [0.4, 0.5) is 5.82 Å². The van der Waals surface area contributed by atoms with Crippen LogP contribution in [-0.4, -0.2) is 31.1 Å². The number of nitrogens with one attached hydrogen (secondary N) is 3. The van der Waals surface area contributed by atoms with Gasteiger partial charge in [-0.3, -0.25) is 4.99 Å². The number of rotatable bonds is 6. The summed E-state index contributed by atoms with van der Waals surface area (Å²) in [6.07, 6.45) is 1.66. The van der Waals surface area contributed by atoms with Crippen LogP contribution in [0.5, 0.6) is 0 Å². The highest BCUT2D eigenvalue weighted by atomic mass is 127. The number of aryl methyl sites for hydroxylation is 1. The molecule has 0 saturated carbocycles. The van der Waals surface area contributed by atoms with Gasteiger partial charge in [-0.15, -0.1) is 24.0 Å². The second-order valence-electron chi connectivity index (χ2n) is 5.25. The van der Waals surface area contributed by atoms with Gasteiger partial charge in [0.1, 0.15) is 23.4 Å². The molecule has 134 valence electrons. The number of pyridine rings is 1. The summed E-state index contributed by atoms with van der Waals surface area (Å²) >= 11 is 0. The third-order valence-corrected chi connectivity index (χ3v) is 3.40. The van der Waals surface area contributed by atoms with Crippen molar-refractivity contribution in [1.82, 2.24) is 15.6 Å². The molecule has 0 saturated heterocycles. The molecule has 0 bridgehead atoms. The summed E-state index contributed by atoms with van der Waals surface area (Å²) in [6.45, 7) is 5.17. The Balaban J connectivity index is 0.00000312. The Morgan fingerprint density at radius 3 is 2.80 bits per heavy atom. The van der Waals surface area contributed by atoms with E-state index in [4.69, 9.17) is 9.68 Å². The molecule has 0 radical (unpaired) electrons. The van der Waals surface area contributed by atoms with Gasteiger partial charge in [-0.25, -0.2) is 4.98 Å². The van der Waals surface area contributed by atoms with Crippen molar-refractivity contribution in [2.24, 2.45) is 4.99 Å². The molecule has 2 heterocycles. The third kappa shape index (κ3) is 6.26. The average Bonchev–Trinajstić information content (AvgIpc) is 3.04. The van der Waals surface area contributed by atoms with E-state index < -0.39 is 0 Å². The molecule has 2 aromatic heterocycles. The van der Waals surface area contributed by atoms with E-state index >= 15 is 0 Å². The molecule has 0 aliphatic heterocycles. The molecule has 1 atom stereocenters. The number of furan rings is 1. The monoisotopic (exact) mass is 454 g/mol. The van der Waals surface area contributed by atoms with Crippen molar-refractivity contribution in [1.29, 1.82) is 5.26 Å². The van der Waals surface area contributed by atoms with Gasteiger partial charge in [0.15, 0.2) is 5.96 Å². The third-order valence-electron chi connectivity index (χ3n) is 3.40. The Kier molecular flexibility index (Phi) is 8.77. The second kappa shape index (κ2) is 10.6. The number of hydrogen-bond donors (Lipinski definition) is 3. The summed E-state index contributed by atoms with van der Waals surface area (Å²) in [5.74, 6) is 3.01. The summed E-state index contributed by atoms with van der Waals surface area (Å²) < 4.78 is 5.60. The first-order chi connectivity index (χ1) is 11.6. The molecule has 0 aliphatic carbocycles. The van der Waals surface area contributed by atoms with Crippen LogP contribution >= 0.6 is 24.0 Å². The first kappa shape index (κ1) is 20.8. The lowest BCUT2D eigenvalue weighted by Gasteiger charge is -2.16. The molecule has 2 rings (SSSR count). The number of nitrogens with zero attached hydrogens (tertiary/aromatic N) is 3. The molecule has 0 aromatic carbocycles. The number of hydrogen-bond acceptors (Lipinski definition) is 5. The van der Waals surface area contributed by atoms with Gasteiger partial charge in [-0.05, 0) is 38.1 Å². The molecule has 1 unspecified atom stereocenters. The summed E-state index contributed by atoms with van der Waals surface area (Å²) in [7, 11) is 1.72. The highest BCUT2D eigenvalue weighted by Gasteiger charge is 2.11. The van der Waals surface area contributed by atoms with Crippen LogP contribution in [-0.2, 0) is 0 Å². The standard InChI is InChI=1S/C17H22N6O.HI/c1-12-6-7-15(24-12)13(2)23-17(19-3)22-10-9-21-16-14(11-18)5-4-8-20-16;/h4-8,13H,9-10H2,1-3H3,(H,20,21)(H2,19,22,23);1H. The lowest BCUT2D eigenvalue weighted by molar-refractivity contribution is 0.441.